The fourth-order valence-electron chi connectivity index (χ4n) is 4.26. The number of halogens is 1. The highest BCUT2D eigenvalue weighted by Gasteiger charge is 2.22. The summed E-state index contributed by atoms with van der Waals surface area (Å²) in [6.07, 6.45) is 3.77. The third kappa shape index (κ3) is 4.01. The Balaban J connectivity index is 1.52. The smallest absolute Gasteiger partial charge is 0.182 e. The zero-order chi connectivity index (χ0) is 22.1. The van der Waals surface area contributed by atoms with Gasteiger partial charge >= 0.3 is 0 Å². The van der Waals surface area contributed by atoms with Crippen molar-refractivity contribution in [1.29, 1.82) is 0 Å². The van der Waals surface area contributed by atoms with Crippen LogP contribution in [0.15, 0.2) is 42.7 Å². The Kier molecular flexibility index (Phi) is 5.91. The lowest BCUT2D eigenvalue weighted by Gasteiger charge is -2.33. The molecule has 8 nitrogen and oxygen atoms in total. The van der Waals surface area contributed by atoms with E-state index in [4.69, 9.17) is 16.7 Å². The first-order valence-corrected chi connectivity index (χ1v) is 11.4. The Labute approximate surface area is 192 Å². The number of aryl methyl sites for hydroxylation is 1. The number of likely N-dealkylation sites (N-methyl/N-ethyl adjacent to an activating group) is 1. The van der Waals surface area contributed by atoms with Crippen molar-refractivity contribution < 1.29 is 0 Å². The molecule has 9 heteroatoms. The molecule has 3 aromatic heterocycles. The zero-order valence-corrected chi connectivity index (χ0v) is 19.2. The normalized spacial score (nSPS) is 15.6. The van der Waals surface area contributed by atoms with Crippen molar-refractivity contribution in [2.45, 2.75) is 13.5 Å². The van der Waals surface area contributed by atoms with Crippen molar-refractivity contribution in [2.24, 2.45) is 7.05 Å². The summed E-state index contributed by atoms with van der Waals surface area (Å²) in [4.78, 5) is 4.97. The number of fused-ring (bicyclic) bond motifs is 1. The van der Waals surface area contributed by atoms with Crippen LogP contribution in [-0.4, -0.2) is 78.8 Å². The van der Waals surface area contributed by atoms with E-state index in [-0.39, 0.29) is 0 Å². The molecule has 0 aliphatic carbocycles. The largest absolute Gasteiger partial charge is 0.301 e. The molecule has 4 heterocycles. The van der Waals surface area contributed by atoms with E-state index in [1.807, 2.05) is 54.5 Å². The van der Waals surface area contributed by atoms with Gasteiger partial charge in [0.25, 0.3) is 0 Å². The molecule has 0 saturated carbocycles. The maximum absolute atomic E-state index is 6.93. The standard InChI is InChI=1S/C23H27ClN8/c1-3-30-9-11-31(12-10-30)13-14-32-23-19(21(28-32)18-15-25-29(2)16-18)20(24)22(26-27-23)17-7-5-4-6-8-17/h4-8,15-16H,3,9-14H2,1-2H3. The minimum atomic E-state index is 0.572. The van der Waals surface area contributed by atoms with E-state index in [1.165, 1.54) is 0 Å². The third-order valence-electron chi connectivity index (χ3n) is 6.16. The Morgan fingerprint density at radius 1 is 0.906 bits per heavy atom. The molecule has 0 radical (unpaired) electrons. The van der Waals surface area contributed by atoms with E-state index in [2.05, 4.69) is 32.0 Å². The summed E-state index contributed by atoms with van der Waals surface area (Å²) in [5, 5.41) is 19.7. The number of benzene rings is 1. The molecule has 0 amide bonds. The SMILES string of the molecule is CCN1CCN(CCn2nc(-c3cnn(C)c3)c3c(Cl)c(-c4ccccc4)nnc32)CC1. The van der Waals surface area contributed by atoms with Crippen molar-refractivity contribution >= 4 is 22.6 Å². The van der Waals surface area contributed by atoms with E-state index >= 15 is 0 Å². The predicted octanol–water partition coefficient (Wildman–Crippen LogP) is 3.18. The van der Waals surface area contributed by atoms with Crippen molar-refractivity contribution in [3.05, 3.63) is 47.7 Å². The van der Waals surface area contributed by atoms with Crippen LogP contribution >= 0.6 is 11.6 Å². The molecule has 1 aliphatic rings. The van der Waals surface area contributed by atoms with Gasteiger partial charge < -0.3 is 4.90 Å². The van der Waals surface area contributed by atoms with Gasteiger partial charge in [-0.1, -0.05) is 48.9 Å². The molecule has 5 rings (SSSR count). The first-order chi connectivity index (χ1) is 15.6. The van der Waals surface area contributed by atoms with Crippen molar-refractivity contribution in [3.63, 3.8) is 0 Å². The summed E-state index contributed by atoms with van der Waals surface area (Å²) in [7, 11) is 1.90. The monoisotopic (exact) mass is 450 g/mol. The number of nitrogens with zero attached hydrogens (tertiary/aromatic N) is 8. The lowest BCUT2D eigenvalue weighted by molar-refractivity contribution is 0.133. The molecule has 4 aromatic rings. The highest BCUT2D eigenvalue weighted by Crippen LogP contribution is 2.37. The summed E-state index contributed by atoms with van der Waals surface area (Å²) in [6, 6.07) is 9.91. The molecular formula is C23H27ClN8. The highest BCUT2D eigenvalue weighted by molar-refractivity contribution is 6.38. The van der Waals surface area contributed by atoms with Gasteiger partial charge in [-0.3, -0.25) is 9.58 Å². The Bertz CT molecular complexity index is 1210. The van der Waals surface area contributed by atoms with Gasteiger partial charge in [-0.05, 0) is 6.54 Å². The van der Waals surface area contributed by atoms with E-state index in [9.17, 15) is 0 Å². The average Bonchev–Trinajstić information content (AvgIpc) is 3.42. The quantitative estimate of drug-likeness (QED) is 0.449. The van der Waals surface area contributed by atoms with E-state index < -0.39 is 0 Å². The van der Waals surface area contributed by atoms with Crippen LogP contribution in [0, 0.1) is 0 Å². The molecule has 1 aliphatic heterocycles. The summed E-state index contributed by atoms with van der Waals surface area (Å²) < 4.78 is 3.71. The van der Waals surface area contributed by atoms with Crippen LogP contribution in [0.25, 0.3) is 33.5 Å². The number of hydrogen-bond acceptors (Lipinski definition) is 6. The van der Waals surface area contributed by atoms with Crippen molar-refractivity contribution in [3.8, 4) is 22.5 Å². The van der Waals surface area contributed by atoms with Crippen LogP contribution in [0.5, 0.6) is 0 Å². The second-order valence-electron chi connectivity index (χ2n) is 8.18. The van der Waals surface area contributed by atoms with Gasteiger partial charge in [0.15, 0.2) is 5.65 Å². The van der Waals surface area contributed by atoms with Gasteiger partial charge in [0.05, 0.1) is 23.2 Å². The number of aromatic nitrogens is 6. The highest BCUT2D eigenvalue weighted by atomic mass is 35.5. The lowest BCUT2D eigenvalue weighted by Crippen LogP contribution is -2.46. The van der Waals surface area contributed by atoms with Crippen LogP contribution in [0.3, 0.4) is 0 Å². The molecule has 166 valence electrons. The molecule has 0 atom stereocenters. The summed E-state index contributed by atoms with van der Waals surface area (Å²) in [6.45, 7) is 9.37. The molecule has 0 spiro atoms. The van der Waals surface area contributed by atoms with Gasteiger partial charge in [0.1, 0.15) is 11.4 Å². The molecule has 1 fully saturated rings. The average molecular weight is 451 g/mol. The minimum Gasteiger partial charge on any atom is -0.301 e. The maximum atomic E-state index is 6.93. The summed E-state index contributed by atoms with van der Waals surface area (Å²) >= 11 is 6.93. The second kappa shape index (κ2) is 8.97. The number of piperazine rings is 1. The molecule has 1 aromatic carbocycles. The van der Waals surface area contributed by atoms with Crippen LogP contribution in [0.1, 0.15) is 6.92 Å². The minimum absolute atomic E-state index is 0.572. The molecule has 1 saturated heterocycles. The van der Waals surface area contributed by atoms with E-state index in [0.717, 1.165) is 68.0 Å². The molecule has 0 unspecified atom stereocenters. The van der Waals surface area contributed by atoms with Gasteiger partial charge in [0, 0.05) is 57.1 Å². The third-order valence-corrected chi connectivity index (χ3v) is 6.53. The van der Waals surface area contributed by atoms with Crippen LogP contribution in [-0.2, 0) is 13.6 Å². The van der Waals surface area contributed by atoms with Crippen molar-refractivity contribution in [1.82, 2.24) is 39.6 Å². The van der Waals surface area contributed by atoms with Gasteiger partial charge in [0.2, 0.25) is 0 Å². The number of hydrogen-bond donors (Lipinski definition) is 0. The first kappa shape index (κ1) is 21.1. The van der Waals surface area contributed by atoms with Gasteiger partial charge in [-0.25, -0.2) is 4.68 Å². The van der Waals surface area contributed by atoms with Gasteiger partial charge in [-0.2, -0.15) is 10.2 Å². The predicted molar refractivity (Wildman–Crippen MR) is 127 cm³/mol. The topological polar surface area (TPSA) is 67.9 Å². The van der Waals surface area contributed by atoms with Crippen LogP contribution < -0.4 is 0 Å². The molecule has 32 heavy (non-hydrogen) atoms. The Hall–Kier alpha value is -2.81. The molecule has 0 bridgehead atoms. The van der Waals surface area contributed by atoms with E-state index in [1.54, 1.807) is 4.68 Å². The Morgan fingerprint density at radius 3 is 2.34 bits per heavy atom. The summed E-state index contributed by atoms with van der Waals surface area (Å²) in [5.41, 5.74) is 4.02. The fraction of sp³-hybridized carbons (Fsp3) is 0.391. The van der Waals surface area contributed by atoms with Crippen molar-refractivity contribution in [2.75, 3.05) is 39.3 Å². The Morgan fingerprint density at radius 2 is 1.66 bits per heavy atom. The lowest BCUT2D eigenvalue weighted by atomic mass is 10.1. The van der Waals surface area contributed by atoms with Crippen LogP contribution in [0.4, 0.5) is 0 Å². The second-order valence-corrected chi connectivity index (χ2v) is 8.56. The first-order valence-electron chi connectivity index (χ1n) is 11.1. The number of rotatable bonds is 6. The summed E-state index contributed by atoms with van der Waals surface area (Å²) in [5.74, 6) is 0. The zero-order valence-electron chi connectivity index (χ0n) is 18.4. The molecular weight excluding hydrogens is 424 g/mol. The molecule has 0 N–H and O–H groups in total. The van der Waals surface area contributed by atoms with E-state index in [0.29, 0.717) is 16.4 Å². The van der Waals surface area contributed by atoms with Gasteiger partial charge in [-0.15, -0.1) is 10.2 Å². The van der Waals surface area contributed by atoms with Crippen LogP contribution in [0.2, 0.25) is 5.02 Å². The maximum Gasteiger partial charge on any atom is 0.182 e. The fourth-order valence-corrected chi connectivity index (χ4v) is 4.58.